The fraction of sp³-hybridized carbons (Fsp3) is 0. The van der Waals surface area contributed by atoms with Crippen LogP contribution in [0.4, 0.5) is 17.1 Å². The summed E-state index contributed by atoms with van der Waals surface area (Å²) in [7, 11) is 0. The topological polar surface area (TPSA) is 118 Å². The van der Waals surface area contributed by atoms with Crippen LogP contribution in [0.3, 0.4) is 0 Å². The highest BCUT2D eigenvalue weighted by Crippen LogP contribution is 2.22. The molecule has 0 aliphatic heterocycles. The SMILES string of the molecule is NC(=O)c1cccc(Nc2ccc(N)c(C(=O)O)c2)c1. The number of nitrogen functional groups attached to an aromatic ring is 1. The molecule has 0 spiro atoms. The fourth-order valence-electron chi connectivity index (χ4n) is 1.74. The molecule has 0 bridgehead atoms. The number of carboxylic acids is 1. The lowest BCUT2D eigenvalue weighted by atomic mass is 10.1. The molecule has 0 heterocycles. The summed E-state index contributed by atoms with van der Waals surface area (Å²) in [4.78, 5) is 22.1. The number of aromatic carboxylic acids is 1. The molecular formula is C14H13N3O3. The highest BCUT2D eigenvalue weighted by atomic mass is 16.4. The molecule has 6 nitrogen and oxygen atoms in total. The zero-order chi connectivity index (χ0) is 14.7. The molecule has 0 radical (unpaired) electrons. The van der Waals surface area contributed by atoms with Crippen molar-refractivity contribution in [1.82, 2.24) is 0 Å². The molecule has 20 heavy (non-hydrogen) atoms. The predicted molar refractivity (Wildman–Crippen MR) is 76.1 cm³/mol. The van der Waals surface area contributed by atoms with Gasteiger partial charge in [-0.05, 0) is 36.4 Å². The van der Waals surface area contributed by atoms with Gasteiger partial charge in [0.25, 0.3) is 0 Å². The normalized spacial score (nSPS) is 10.0. The van der Waals surface area contributed by atoms with Gasteiger partial charge in [-0.25, -0.2) is 4.79 Å². The Morgan fingerprint density at radius 3 is 2.40 bits per heavy atom. The third-order valence-electron chi connectivity index (χ3n) is 2.72. The summed E-state index contributed by atoms with van der Waals surface area (Å²) in [6, 6.07) is 11.2. The zero-order valence-corrected chi connectivity index (χ0v) is 10.5. The molecule has 0 aromatic heterocycles. The van der Waals surface area contributed by atoms with Crippen molar-refractivity contribution >= 4 is 28.9 Å². The second-order valence-corrected chi connectivity index (χ2v) is 4.18. The molecule has 2 aromatic carbocycles. The van der Waals surface area contributed by atoms with Crippen LogP contribution in [0.2, 0.25) is 0 Å². The first-order valence-corrected chi connectivity index (χ1v) is 5.77. The maximum atomic E-state index is 11.1. The first-order valence-electron chi connectivity index (χ1n) is 5.77. The van der Waals surface area contributed by atoms with E-state index >= 15 is 0 Å². The summed E-state index contributed by atoms with van der Waals surface area (Å²) in [5, 5.41) is 12.0. The van der Waals surface area contributed by atoms with E-state index in [1.165, 1.54) is 12.1 Å². The summed E-state index contributed by atoms with van der Waals surface area (Å²) in [5.74, 6) is -1.63. The number of carbonyl (C=O) groups excluding carboxylic acids is 1. The highest BCUT2D eigenvalue weighted by Gasteiger charge is 2.09. The van der Waals surface area contributed by atoms with Crippen molar-refractivity contribution in [2.75, 3.05) is 11.1 Å². The Labute approximate surface area is 115 Å². The molecule has 1 amide bonds. The van der Waals surface area contributed by atoms with Gasteiger partial charge in [-0.3, -0.25) is 4.79 Å². The van der Waals surface area contributed by atoms with Gasteiger partial charge in [-0.1, -0.05) is 6.07 Å². The Kier molecular flexibility index (Phi) is 3.56. The van der Waals surface area contributed by atoms with Crippen LogP contribution in [-0.4, -0.2) is 17.0 Å². The number of primary amides is 1. The van der Waals surface area contributed by atoms with Crippen LogP contribution in [0.5, 0.6) is 0 Å². The van der Waals surface area contributed by atoms with Crippen LogP contribution in [0.15, 0.2) is 42.5 Å². The van der Waals surface area contributed by atoms with Crippen LogP contribution in [0, 0.1) is 0 Å². The Hall–Kier alpha value is -3.02. The summed E-state index contributed by atoms with van der Waals surface area (Å²) in [6.45, 7) is 0. The van der Waals surface area contributed by atoms with E-state index in [4.69, 9.17) is 16.6 Å². The van der Waals surface area contributed by atoms with E-state index in [2.05, 4.69) is 5.32 Å². The van der Waals surface area contributed by atoms with Crippen molar-refractivity contribution in [3.63, 3.8) is 0 Å². The Balaban J connectivity index is 2.30. The summed E-state index contributed by atoms with van der Waals surface area (Å²) in [5.41, 5.74) is 12.5. The van der Waals surface area contributed by atoms with Gasteiger partial charge in [0, 0.05) is 22.6 Å². The third-order valence-corrected chi connectivity index (χ3v) is 2.72. The average Bonchev–Trinajstić information content (AvgIpc) is 2.41. The monoisotopic (exact) mass is 271 g/mol. The van der Waals surface area contributed by atoms with E-state index in [0.29, 0.717) is 16.9 Å². The first-order chi connectivity index (χ1) is 9.47. The zero-order valence-electron chi connectivity index (χ0n) is 10.5. The van der Waals surface area contributed by atoms with Gasteiger partial charge in [-0.2, -0.15) is 0 Å². The molecule has 0 saturated carbocycles. The van der Waals surface area contributed by atoms with Gasteiger partial charge in [0.15, 0.2) is 0 Å². The van der Waals surface area contributed by atoms with Crippen LogP contribution in [-0.2, 0) is 0 Å². The number of amides is 1. The van der Waals surface area contributed by atoms with Gasteiger partial charge >= 0.3 is 5.97 Å². The van der Waals surface area contributed by atoms with Gasteiger partial charge in [-0.15, -0.1) is 0 Å². The van der Waals surface area contributed by atoms with Crippen molar-refractivity contribution in [3.05, 3.63) is 53.6 Å². The Morgan fingerprint density at radius 1 is 1.05 bits per heavy atom. The molecule has 0 fully saturated rings. The lowest BCUT2D eigenvalue weighted by Crippen LogP contribution is -2.10. The number of hydrogen-bond acceptors (Lipinski definition) is 4. The minimum absolute atomic E-state index is 0.0149. The Morgan fingerprint density at radius 2 is 1.75 bits per heavy atom. The van der Waals surface area contributed by atoms with Gasteiger partial charge in [0.05, 0.1) is 5.56 Å². The molecule has 2 rings (SSSR count). The van der Waals surface area contributed by atoms with Gasteiger partial charge in [0.1, 0.15) is 0 Å². The van der Waals surface area contributed by atoms with Crippen LogP contribution < -0.4 is 16.8 Å². The number of nitrogens with two attached hydrogens (primary N) is 2. The lowest BCUT2D eigenvalue weighted by Gasteiger charge is -2.09. The van der Waals surface area contributed by atoms with Crippen LogP contribution in [0.25, 0.3) is 0 Å². The van der Waals surface area contributed by atoms with E-state index in [9.17, 15) is 9.59 Å². The van der Waals surface area contributed by atoms with Crippen molar-refractivity contribution in [2.24, 2.45) is 5.73 Å². The quantitative estimate of drug-likeness (QED) is 0.632. The predicted octanol–water partition coefficient (Wildman–Crippen LogP) is 1.81. The van der Waals surface area contributed by atoms with E-state index in [-0.39, 0.29) is 11.3 Å². The average molecular weight is 271 g/mol. The standard InChI is InChI=1S/C14H13N3O3/c15-12-5-4-10(7-11(12)14(19)20)17-9-3-1-2-8(6-9)13(16)18/h1-7,17H,15H2,(H2,16,18)(H,19,20). The maximum absolute atomic E-state index is 11.1. The van der Waals surface area contributed by atoms with Gasteiger partial charge in [0.2, 0.25) is 5.91 Å². The van der Waals surface area contributed by atoms with Crippen LogP contribution in [0.1, 0.15) is 20.7 Å². The highest BCUT2D eigenvalue weighted by molar-refractivity contribution is 5.95. The lowest BCUT2D eigenvalue weighted by molar-refractivity contribution is 0.0698. The second kappa shape index (κ2) is 5.31. The molecule has 0 saturated heterocycles. The minimum atomic E-state index is -1.10. The molecular weight excluding hydrogens is 258 g/mol. The first kappa shape index (κ1) is 13.4. The van der Waals surface area contributed by atoms with Crippen molar-refractivity contribution in [2.45, 2.75) is 0 Å². The molecule has 6 N–H and O–H groups in total. The van der Waals surface area contributed by atoms with E-state index < -0.39 is 11.9 Å². The van der Waals surface area contributed by atoms with Crippen molar-refractivity contribution < 1.29 is 14.7 Å². The minimum Gasteiger partial charge on any atom is -0.478 e. The second-order valence-electron chi connectivity index (χ2n) is 4.18. The molecule has 2 aromatic rings. The maximum Gasteiger partial charge on any atom is 0.337 e. The number of hydrogen-bond donors (Lipinski definition) is 4. The largest absolute Gasteiger partial charge is 0.478 e. The molecule has 0 aliphatic rings. The van der Waals surface area contributed by atoms with Crippen molar-refractivity contribution in [1.29, 1.82) is 0 Å². The van der Waals surface area contributed by atoms with E-state index in [1.807, 2.05) is 0 Å². The molecule has 102 valence electrons. The number of anilines is 3. The molecule has 6 heteroatoms. The summed E-state index contributed by atoms with van der Waals surface area (Å²) < 4.78 is 0. The molecule has 0 atom stereocenters. The van der Waals surface area contributed by atoms with Crippen molar-refractivity contribution in [3.8, 4) is 0 Å². The van der Waals surface area contributed by atoms with E-state index in [1.54, 1.807) is 30.3 Å². The Bertz CT molecular complexity index is 683. The number of rotatable bonds is 4. The van der Waals surface area contributed by atoms with E-state index in [0.717, 1.165) is 0 Å². The molecule has 0 aliphatic carbocycles. The third kappa shape index (κ3) is 2.86. The fourth-order valence-corrected chi connectivity index (χ4v) is 1.74. The summed E-state index contributed by atoms with van der Waals surface area (Å²) >= 11 is 0. The number of benzene rings is 2. The molecule has 0 unspecified atom stereocenters. The number of nitrogens with one attached hydrogen (secondary N) is 1. The van der Waals surface area contributed by atoms with Gasteiger partial charge < -0.3 is 21.9 Å². The number of carbonyl (C=O) groups is 2. The summed E-state index contributed by atoms with van der Waals surface area (Å²) in [6.07, 6.45) is 0. The smallest absolute Gasteiger partial charge is 0.337 e. The van der Waals surface area contributed by atoms with Crippen LogP contribution >= 0.6 is 0 Å². The number of carboxylic acid groups (broad SMARTS) is 1.